The zero-order valence-electron chi connectivity index (χ0n) is 11.8. The minimum Gasteiger partial charge on any atom is -0.302 e. The van der Waals surface area contributed by atoms with Crippen LogP contribution in [0.25, 0.3) is 0 Å². The lowest BCUT2D eigenvalue weighted by molar-refractivity contribution is -0.174. The number of rotatable bonds is 4. The molecule has 7 heteroatoms. The zero-order valence-corrected chi connectivity index (χ0v) is 11.8. The first-order valence-electron chi connectivity index (χ1n) is 6.74. The Labute approximate surface area is 125 Å². The molecule has 0 aliphatic heterocycles. The zero-order chi connectivity index (χ0) is 16.3. The van der Waals surface area contributed by atoms with Gasteiger partial charge in [0.05, 0.1) is 5.92 Å². The van der Waals surface area contributed by atoms with E-state index in [-0.39, 0.29) is 12.1 Å². The number of halogens is 3. The smallest absolute Gasteiger partial charge is 0.302 e. The molecule has 0 bridgehead atoms. The van der Waals surface area contributed by atoms with Gasteiger partial charge < -0.3 is 5.43 Å². The topological polar surface area (TPSA) is 58.2 Å². The molecule has 2 N–H and O–H groups in total. The first kappa shape index (κ1) is 16.1. The fourth-order valence-electron chi connectivity index (χ4n) is 2.34. The molecule has 0 aromatic heterocycles. The number of ketones is 1. The van der Waals surface area contributed by atoms with Crippen LogP contribution in [0.4, 0.5) is 13.2 Å². The Balaban J connectivity index is 2.01. The normalized spacial score (nSPS) is 17.8. The molecular weight excluding hydrogens is 297 g/mol. The van der Waals surface area contributed by atoms with Crippen molar-refractivity contribution < 1.29 is 22.8 Å². The number of Topliss-reactive ketones (excluding diaryl/α,β-unsaturated/α-hetero) is 1. The molecule has 1 aliphatic carbocycles. The molecule has 1 atom stereocenters. The lowest BCUT2D eigenvalue weighted by Crippen LogP contribution is -2.41. The van der Waals surface area contributed by atoms with Gasteiger partial charge in [-0.15, -0.1) is 0 Å². The fraction of sp³-hybridized carbons (Fsp3) is 0.333. The Morgan fingerprint density at radius 1 is 1.23 bits per heavy atom. The third-order valence-electron chi connectivity index (χ3n) is 3.50. The third-order valence-corrected chi connectivity index (χ3v) is 3.50. The van der Waals surface area contributed by atoms with Crippen molar-refractivity contribution >= 4 is 11.7 Å². The highest BCUT2D eigenvalue weighted by molar-refractivity contribution is 5.95. The minimum atomic E-state index is -4.88. The quantitative estimate of drug-likeness (QED) is 0.840. The van der Waals surface area contributed by atoms with Crippen molar-refractivity contribution in [2.45, 2.75) is 25.9 Å². The molecule has 0 spiro atoms. The molecule has 0 radical (unpaired) electrons. The number of amides is 1. The van der Waals surface area contributed by atoms with Crippen LogP contribution in [-0.4, -0.2) is 17.9 Å². The highest BCUT2D eigenvalue weighted by Gasteiger charge is 2.45. The number of allylic oxidation sites excluding steroid dienone is 2. The van der Waals surface area contributed by atoms with E-state index in [4.69, 9.17) is 0 Å². The van der Waals surface area contributed by atoms with Crippen LogP contribution in [0.15, 0.2) is 36.0 Å². The largest absolute Gasteiger partial charge is 0.450 e. The molecule has 0 saturated carbocycles. The molecule has 4 nitrogen and oxygen atoms in total. The summed E-state index contributed by atoms with van der Waals surface area (Å²) in [7, 11) is 0. The summed E-state index contributed by atoms with van der Waals surface area (Å²) in [4.78, 5) is 23.3. The predicted octanol–water partition coefficient (Wildman–Crippen LogP) is 2.65. The van der Waals surface area contributed by atoms with Crippen molar-refractivity contribution in [1.82, 2.24) is 10.9 Å². The summed E-state index contributed by atoms with van der Waals surface area (Å²) in [6.07, 6.45) is -2.95. The van der Waals surface area contributed by atoms with Crippen LogP contribution >= 0.6 is 0 Å². The van der Waals surface area contributed by atoms with E-state index in [9.17, 15) is 22.8 Å². The Bertz CT molecular complexity index is 623. The number of carbonyl (C=O) groups excluding carboxylic acids is 2. The van der Waals surface area contributed by atoms with E-state index >= 15 is 0 Å². The second kappa shape index (κ2) is 6.21. The number of benzene rings is 1. The monoisotopic (exact) mass is 312 g/mol. The van der Waals surface area contributed by atoms with E-state index in [0.717, 1.165) is 5.56 Å². The van der Waals surface area contributed by atoms with Gasteiger partial charge in [0.25, 0.3) is 5.91 Å². The van der Waals surface area contributed by atoms with Gasteiger partial charge in [-0.1, -0.05) is 24.3 Å². The Kier molecular flexibility index (Phi) is 4.54. The fourth-order valence-corrected chi connectivity index (χ4v) is 2.34. The molecule has 0 saturated heterocycles. The van der Waals surface area contributed by atoms with E-state index in [2.05, 4.69) is 10.9 Å². The summed E-state index contributed by atoms with van der Waals surface area (Å²) in [6, 6.07) is 6.82. The van der Waals surface area contributed by atoms with Crippen LogP contribution in [0.1, 0.15) is 28.8 Å². The van der Waals surface area contributed by atoms with Gasteiger partial charge in [-0.25, -0.2) is 0 Å². The number of aryl methyl sites for hydroxylation is 1. The van der Waals surface area contributed by atoms with Crippen molar-refractivity contribution in [3.63, 3.8) is 0 Å². The Morgan fingerprint density at radius 2 is 1.91 bits per heavy atom. The Hall–Kier alpha value is -2.31. The van der Waals surface area contributed by atoms with E-state index < -0.39 is 23.8 Å². The maximum absolute atomic E-state index is 12.5. The molecule has 1 aromatic carbocycles. The number of hydrogen-bond acceptors (Lipinski definition) is 3. The van der Waals surface area contributed by atoms with Crippen molar-refractivity contribution in [2.75, 3.05) is 0 Å². The Morgan fingerprint density at radius 3 is 2.55 bits per heavy atom. The summed E-state index contributed by atoms with van der Waals surface area (Å²) in [5.41, 5.74) is 6.03. The second-order valence-corrected chi connectivity index (χ2v) is 5.05. The number of hydrogen-bond donors (Lipinski definition) is 2. The minimum absolute atomic E-state index is 0.0842. The molecule has 0 heterocycles. The van der Waals surface area contributed by atoms with Crippen molar-refractivity contribution in [1.29, 1.82) is 0 Å². The molecule has 1 aromatic rings. The predicted molar refractivity (Wildman–Crippen MR) is 73.6 cm³/mol. The lowest BCUT2D eigenvalue weighted by Gasteiger charge is -2.18. The maximum Gasteiger partial charge on any atom is 0.450 e. The summed E-state index contributed by atoms with van der Waals surface area (Å²) in [5.74, 6) is -3.55. The molecule has 0 fully saturated rings. The average molecular weight is 312 g/mol. The van der Waals surface area contributed by atoms with Gasteiger partial charge in [0, 0.05) is 11.3 Å². The van der Waals surface area contributed by atoms with Gasteiger partial charge in [0.2, 0.25) is 5.78 Å². The number of hydrazine groups is 1. The van der Waals surface area contributed by atoms with Gasteiger partial charge in [0.15, 0.2) is 0 Å². The molecule has 1 aliphatic rings. The SMILES string of the molecule is Cc1ccccc1C(=O)NNC1=CCC[C@H]1C(=O)C(F)(F)F. The highest BCUT2D eigenvalue weighted by atomic mass is 19.4. The first-order valence-corrected chi connectivity index (χ1v) is 6.74. The van der Waals surface area contributed by atoms with Gasteiger partial charge in [0.1, 0.15) is 0 Å². The van der Waals surface area contributed by atoms with Crippen LogP contribution < -0.4 is 10.9 Å². The van der Waals surface area contributed by atoms with E-state index in [0.29, 0.717) is 12.0 Å². The molecule has 22 heavy (non-hydrogen) atoms. The molecule has 118 valence electrons. The standard InChI is InChI=1S/C15H15F3N2O2/c1-9-5-2-3-6-10(9)14(22)20-19-12-8-4-7-11(12)13(21)15(16,17)18/h2-3,5-6,8,11,19H,4,7H2,1H3,(H,20,22)/t11-/m1/s1. The molecule has 1 amide bonds. The number of nitrogens with one attached hydrogen (secondary N) is 2. The molecule has 2 rings (SSSR count). The van der Waals surface area contributed by atoms with Crippen LogP contribution in [-0.2, 0) is 4.79 Å². The van der Waals surface area contributed by atoms with Crippen LogP contribution in [0.3, 0.4) is 0 Å². The summed E-state index contributed by atoms with van der Waals surface area (Å²) < 4.78 is 37.5. The van der Waals surface area contributed by atoms with E-state index in [1.165, 1.54) is 6.08 Å². The summed E-state index contributed by atoms with van der Waals surface area (Å²) in [6.45, 7) is 1.75. The number of carbonyl (C=O) groups is 2. The maximum atomic E-state index is 12.5. The van der Waals surface area contributed by atoms with Gasteiger partial charge in [-0.3, -0.25) is 15.0 Å². The first-order chi connectivity index (χ1) is 10.3. The van der Waals surface area contributed by atoms with Gasteiger partial charge >= 0.3 is 6.18 Å². The number of alkyl halides is 3. The van der Waals surface area contributed by atoms with Gasteiger partial charge in [-0.2, -0.15) is 13.2 Å². The summed E-state index contributed by atoms with van der Waals surface area (Å²) in [5, 5.41) is 0. The molecule has 0 unspecified atom stereocenters. The van der Waals surface area contributed by atoms with E-state index in [1.54, 1.807) is 31.2 Å². The molecular formula is C15H15F3N2O2. The summed E-state index contributed by atoms with van der Waals surface area (Å²) >= 11 is 0. The van der Waals surface area contributed by atoms with Crippen LogP contribution in [0.2, 0.25) is 0 Å². The van der Waals surface area contributed by atoms with E-state index in [1.807, 2.05) is 0 Å². The van der Waals surface area contributed by atoms with Crippen molar-refractivity contribution in [3.05, 3.63) is 47.2 Å². The lowest BCUT2D eigenvalue weighted by atomic mass is 10.0. The van der Waals surface area contributed by atoms with Gasteiger partial charge in [-0.05, 0) is 31.4 Å². The van der Waals surface area contributed by atoms with Crippen molar-refractivity contribution in [2.24, 2.45) is 5.92 Å². The van der Waals surface area contributed by atoms with Crippen LogP contribution in [0, 0.1) is 12.8 Å². The highest BCUT2D eigenvalue weighted by Crippen LogP contribution is 2.31. The third kappa shape index (κ3) is 3.47. The van der Waals surface area contributed by atoms with Crippen LogP contribution in [0.5, 0.6) is 0 Å². The average Bonchev–Trinajstić information content (AvgIpc) is 2.91. The van der Waals surface area contributed by atoms with Crippen molar-refractivity contribution in [3.8, 4) is 0 Å². The second-order valence-electron chi connectivity index (χ2n) is 5.05.